The molecule has 0 aromatic heterocycles. The molecule has 0 aliphatic heterocycles. The lowest BCUT2D eigenvalue weighted by Gasteiger charge is -2.22. The Bertz CT molecular complexity index is 900. The molecule has 0 unspecified atom stereocenters. The second-order valence-electron chi connectivity index (χ2n) is 6.84. The summed E-state index contributed by atoms with van der Waals surface area (Å²) in [7, 11) is 1.42. The third kappa shape index (κ3) is 5.42. The normalized spacial score (nSPS) is 13.4. The maximum atomic E-state index is 14.1. The van der Waals surface area contributed by atoms with Gasteiger partial charge < -0.3 is 10.1 Å². The first-order valence-corrected chi connectivity index (χ1v) is 9.56. The van der Waals surface area contributed by atoms with Gasteiger partial charge in [0.25, 0.3) is 5.69 Å². The summed E-state index contributed by atoms with van der Waals surface area (Å²) < 4.78 is 19.3. The number of nitrogens with zero attached hydrogens (tertiary/aromatic N) is 2. The van der Waals surface area contributed by atoms with Crippen LogP contribution in [0.25, 0.3) is 0 Å². The zero-order valence-electron chi connectivity index (χ0n) is 15.9. The number of anilines is 1. The van der Waals surface area contributed by atoms with Crippen molar-refractivity contribution in [1.82, 2.24) is 4.90 Å². The number of halogens is 2. The molecule has 0 saturated heterocycles. The van der Waals surface area contributed by atoms with E-state index in [9.17, 15) is 19.3 Å². The fraction of sp³-hybridized carbons (Fsp3) is 0.350. The fourth-order valence-electron chi connectivity index (χ4n) is 3.08. The van der Waals surface area contributed by atoms with Crippen molar-refractivity contribution < 1.29 is 18.8 Å². The molecule has 3 rings (SSSR count). The van der Waals surface area contributed by atoms with E-state index in [1.165, 1.54) is 31.4 Å². The molecule has 0 heterocycles. The minimum atomic E-state index is -0.540. The number of benzene rings is 2. The highest BCUT2D eigenvalue weighted by Crippen LogP contribution is 2.31. The van der Waals surface area contributed by atoms with Crippen molar-refractivity contribution >= 4 is 28.9 Å². The van der Waals surface area contributed by atoms with Crippen molar-refractivity contribution in [3.8, 4) is 5.75 Å². The summed E-state index contributed by atoms with van der Waals surface area (Å²) in [5.74, 6) is -0.343. The minimum absolute atomic E-state index is 0.144. The number of carbonyl (C=O) groups is 1. The Morgan fingerprint density at radius 2 is 2.14 bits per heavy atom. The molecule has 0 radical (unpaired) electrons. The Labute approximate surface area is 172 Å². The molecule has 0 spiro atoms. The summed E-state index contributed by atoms with van der Waals surface area (Å²) in [6.45, 7) is 0.738. The molecular formula is C20H21ClFN3O4. The summed E-state index contributed by atoms with van der Waals surface area (Å²) in [5, 5.41) is 14.0. The van der Waals surface area contributed by atoms with Gasteiger partial charge in [-0.15, -0.1) is 0 Å². The van der Waals surface area contributed by atoms with E-state index in [1.807, 2.05) is 4.90 Å². The molecule has 1 fully saturated rings. The highest BCUT2D eigenvalue weighted by atomic mass is 35.5. The van der Waals surface area contributed by atoms with Crippen LogP contribution in [0.1, 0.15) is 24.8 Å². The molecule has 1 aliphatic carbocycles. The number of nitro groups is 1. The second-order valence-corrected chi connectivity index (χ2v) is 7.25. The molecule has 29 heavy (non-hydrogen) atoms. The van der Waals surface area contributed by atoms with Crippen LogP contribution in [0.5, 0.6) is 5.75 Å². The van der Waals surface area contributed by atoms with E-state index in [0.717, 1.165) is 12.8 Å². The first-order chi connectivity index (χ1) is 13.9. The van der Waals surface area contributed by atoms with E-state index in [-0.39, 0.29) is 29.5 Å². The molecule has 0 atom stereocenters. The minimum Gasteiger partial charge on any atom is -0.495 e. The first kappa shape index (κ1) is 21.0. The number of non-ortho nitro benzene ring substituents is 1. The van der Waals surface area contributed by atoms with Crippen molar-refractivity contribution in [2.24, 2.45) is 0 Å². The molecule has 1 aliphatic rings. The number of ether oxygens (including phenoxy) is 1. The van der Waals surface area contributed by atoms with Gasteiger partial charge in [-0.1, -0.05) is 17.7 Å². The number of hydrogen-bond acceptors (Lipinski definition) is 5. The predicted molar refractivity (Wildman–Crippen MR) is 108 cm³/mol. The Hall–Kier alpha value is -2.71. The standard InChI is InChI=1S/C20H21ClFN3O4/c1-29-19-8-7-14(25(27)28)11-18(19)23-20(26)9-10-24(13-5-6-13)12-15-16(21)3-2-4-17(15)22/h2-4,7-8,11,13H,5-6,9-10,12H2,1H3,(H,23,26). The van der Waals surface area contributed by atoms with E-state index in [2.05, 4.69) is 5.32 Å². The van der Waals surface area contributed by atoms with Gasteiger partial charge >= 0.3 is 0 Å². The van der Waals surface area contributed by atoms with Crippen LogP contribution in [0.2, 0.25) is 5.02 Å². The van der Waals surface area contributed by atoms with E-state index in [1.54, 1.807) is 12.1 Å². The van der Waals surface area contributed by atoms with Crippen molar-refractivity contribution in [2.75, 3.05) is 19.0 Å². The highest BCUT2D eigenvalue weighted by Gasteiger charge is 2.30. The van der Waals surface area contributed by atoms with Gasteiger partial charge in [-0.05, 0) is 31.0 Å². The van der Waals surface area contributed by atoms with Crippen LogP contribution in [-0.4, -0.2) is 35.4 Å². The van der Waals surface area contributed by atoms with Crippen molar-refractivity contribution in [3.63, 3.8) is 0 Å². The first-order valence-electron chi connectivity index (χ1n) is 9.18. The van der Waals surface area contributed by atoms with Crippen LogP contribution in [0.15, 0.2) is 36.4 Å². The average molecular weight is 422 g/mol. The summed E-state index contributed by atoms with van der Waals surface area (Å²) in [5.41, 5.74) is 0.513. The Morgan fingerprint density at radius 1 is 1.38 bits per heavy atom. The smallest absolute Gasteiger partial charge is 0.271 e. The summed E-state index contributed by atoms with van der Waals surface area (Å²) in [6, 6.07) is 8.87. The highest BCUT2D eigenvalue weighted by molar-refractivity contribution is 6.31. The monoisotopic (exact) mass is 421 g/mol. The van der Waals surface area contributed by atoms with Gasteiger partial charge in [0.05, 0.1) is 17.7 Å². The van der Waals surface area contributed by atoms with Gasteiger partial charge in [0.2, 0.25) is 5.91 Å². The van der Waals surface area contributed by atoms with Crippen LogP contribution in [0.4, 0.5) is 15.8 Å². The predicted octanol–water partition coefficient (Wildman–Crippen LogP) is 4.39. The van der Waals surface area contributed by atoms with Gasteiger partial charge in [-0.3, -0.25) is 19.8 Å². The van der Waals surface area contributed by atoms with E-state index in [4.69, 9.17) is 16.3 Å². The lowest BCUT2D eigenvalue weighted by molar-refractivity contribution is -0.384. The molecular weight excluding hydrogens is 401 g/mol. The molecule has 1 saturated carbocycles. The van der Waals surface area contributed by atoms with Crippen molar-refractivity contribution in [2.45, 2.75) is 31.8 Å². The maximum absolute atomic E-state index is 14.1. The summed E-state index contributed by atoms with van der Waals surface area (Å²) in [6.07, 6.45) is 2.13. The van der Waals surface area contributed by atoms with Crippen LogP contribution in [0.3, 0.4) is 0 Å². The topological polar surface area (TPSA) is 84.7 Å². The van der Waals surface area contributed by atoms with E-state index in [0.29, 0.717) is 35.5 Å². The number of nitro benzene ring substituents is 1. The molecule has 2 aromatic carbocycles. The zero-order valence-corrected chi connectivity index (χ0v) is 16.6. The number of methoxy groups -OCH3 is 1. The largest absolute Gasteiger partial charge is 0.495 e. The van der Waals surface area contributed by atoms with Crippen LogP contribution in [0, 0.1) is 15.9 Å². The second kappa shape index (κ2) is 9.19. The summed E-state index contributed by atoms with van der Waals surface area (Å²) in [4.78, 5) is 24.9. The number of amides is 1. The van der Waals surface area contributed by atoms with Crippen molar-refractivity contribution in [3.05, 3.63) is 62.9 Å². The van der Waals surface area contributed by atoms with Crippen molar-refractivity contribution in [1.29, 1.82) is 0 Å². The number of hydrogen-bond donors (Lipinski definition) is 1. The fourth-order valence-corrected chi connectivity index (χ4v) is 3.30. The van der Waals surface area contributed by atoms with Gasteiger partial charge in [0.1, 0.15) is 11.6 Å². The number of rotatable bonds is 9. The molecule has 154 valence electrons. The van der Waals surface area contributed by atoms with Gasteiger partial charge in [0.15, 0.2) is 0 Å². The maximum Gasteiger partial charge on any atom is 0.271 e. The third-order valence-electron chi connectivity index (χ3n) is 4.78. The summed E-state index contributed by atoms with van der Waals surface area (Å²) >= 11 is 6.13. The zero-order chi connectivity index (χ0) is 21.0. The molecule has 1 N–H and O–H groups in total. The third-order valence-corrected chi connectivity index (χ3v) is 5.13. The molecule has 9 heteroatoms. The molecule has 7 nitrogen and oxygen atoms in total. The lowest BCUT2D eigenvalue weighted by Crippen LogP contribution is -2.30. The SMILES string of the molecule is COc1ccc([N+](=O)[O-])cc1NC(=O)CCN(Cc1c(F)cccc1Cl)C1CC1. The van der Waals surface area contributed by atoms with Gasteiger partial charge in [-0.25, -0.2) is 4.39 Å². The molecule has 0 bridgehead atoms. The van der Waals surface area contributed by atoms with Gasteiger partial charge in [-0.2, -0.15) is 0 Å². The number of carbonyl (C=O) groups excluding carboxylic acids is 1. The Kier molecular flexibility index (Phi) is 6.66. The average Bonchev–Trinajstić information content (AvgIpc) is 3.52. The molecule has 1 amide bonds. The van der Waals surface area contributed by atoms with E-state index < -0.39 is 4.92 Å². The van der Waals surface area contributed by atoms with Crippen LogP contribution in [-0.2, 0) is 11.3 Å². The Morgan fingerprint density at radius 3 is 2.76 bits per heavy atom. The van der Waals surface area contributed by atoms with E-state index >= 15 is 0 Å². The number of nitrogens with one attached hydrogen (secondary N) is 1. The quantitative estimate of drug-likeness (QED) is 0.479. The van der Waals surface area contributed by atoms with Gasteiger partial charge in [0, 0.05) is 48.3 Å². The molecule has 2 aromatic rings. The lowest BCUT2D eigenvalue weighted by atomic mass is 10.2. The Balaban J connectivity index is 1.64. The van der Waals surface area contributed by atoms with Crippen LogP contribution >= 0.6 is 11.6 Å². The van der Waals surface area contributed by atoms with Crippen LogP contribution < -0.4 is 10.1 Å².